The summed E-state index contributed by atoms with van der Waals surface area (Å²) in [4.78, 5) is 0. The van der Waals surface area contributed by atoms with E-state index in [0.717, 1.165) is 6.07 Å². The lowest BCUT2D eigenvalue weighted by molar-refractivity contribution is 0.508. The minimum atomic E-state index is -0.575. The molecule has 3 nitrogen and oxygen atoms in total. The van der Waals surface area contributed by atoms with Crippen LogP contribution in [0.4, 0.5) is 4.39 Å². The van der Waals surface area contributed by atoms with Crippen molar-refractivity contribution in [3.63, 3.8) is 0 Å². The number of nitrogens with zero attached hydrogens (tertiary/aromatic N) is 2. The molecule has 0 unspecified atom stereocenters. The van der Waals surface area contributed by atoms with Crippen molar-refractivity contribution in [2.45, 2.75) is 0 Å². The number of allylic oxidation sites excluding steroid dienone is 1. The van der Waals surface area contributed by atoms with Crippen LogP contribution >= 0.6 is 15.9 Å². The molecule has 0 saturated heterocycles. The molecule has 1 aromatic carbocycles. The van der Waals surface area contributed by atoms with Crippen LogP contribution in [0, 0.1) is 28.5 Å². The molecule has 0 spiro atoms. The fourth-order valence-corrected chi connectivity index (χ4v) is 1.17. The summed E-state index contributed by atoms with van der Waals surface area (Å²) in [5.41, 5.74) is -0.356. The van der Waals surface area contributed by atoms with Crippen molar-refractivity contribution in [2.75, 3.05) is 0 Å². The number of aliphatic hydroxyl groups excluding tert-OH is 1. The maximum atomic E-state index is 13.1. The highest BCUT2D eigenvalue weighted by molar-refractivity contribution is 9.10. The summed E-state index contributed by atoms with van der Waals surface area (Å²) in [7, 11) is 0. The molecule has 1 rings (SSSR count). The van der Waals surface area contributed by atoms with Crippen LogP contribution in [0.5, 0.6) is 0 Å². The molecule has 0 aliphatic rings. The Kier molecular flexibility index (Phi) is 3.43. The van der Waals surface area contributed by atoms with Gasteiger partial charge in [0.2, 0.25) is 0 Å². The van der Waals surface area contributed by atoms with Crippen LogP contribution in [-0.4, -0.2) is 5.11 Å². The number of rotatable bonds is 1. The molecule has 0 atom stereocenters. The molecule has 5 heteroatoms. The summed E-state index contributed by atoms with van der Waals surface area (Å²) in [6.07, 6.45) is 0. The Balaban J connectivity index is 3.32. The first-order valence-corrected chi connectivity index (χ1v) is 4.58. The molecule has 0 bridgehead atoms. The molecule has 1 aromatic rings. The van der Waals surface area contributed by atoms with Crippen molar-refractivity contribution in [3.05, 3.63) is 39.6 Å². The van der Waals surface area contributed by atoms with Gasteiger partial charge in [-0.3, -0.25) is 0 Å². The van der Waals surface area contributed by atoms with Gasteiger partial charge in [-0.2, -0.15) is 10.5 Å². The topological polar surface area (TPSA) is 67.8 Å². The molecule has 0 heterocycles. The van der Waals surface area contributed by atoms with Crippen molar-refractivity contribution in [1.29, 1.82) is 10.5 Å². The van der Waals surface area contributed by atoms with Gasteiger partial charge in [-0.1, -0.05) is 0 Å². The SMILES string of the molecule is N#CC(C#N)=C(O)c1ccc(Br)c(F)c1. The van der Waals surface area contributed by atoms with Gasteiger partial charge in [0.15, 0.2) is 11.3 Å². The monoisotopic (exact) mass is 266 g/mol. The molecule has 0 aliphatic heterocycles. The molecule has 0 fully saturated rings. The average Bonchev–Trinajstić information content (AvgIpc) is 2.23. The van der Waals surface area contributed by atoms with Crippen molar-refractivity contribution in [3.8, 4) is 12.1 Å². The summed E-state index contributed by atoms with van der Waals surface area (Å²) in [5.74, 6) is -1.10. The van der Waals surface area contributed by atoms with Crippen LogP contribution in [0.1, 0.15) is 5.56 Å². The van der Waals surface area contributed by atoms with E-state index in [9.17, 15) is 9.50 Å². The summed E-state index contributed by atoms with van der Waals surface area (Å²) in [5, 5.41) is 26.4. The molecule has 0 aliphatic carbocycles. The van der Waals surface area contributed by atoms with Gasteiger partial charge in [-0.05, 0) is 34.1 Å². The third-order valence-corrected chi connectivity index (χ3v) is 2.30. The lowest BCUT2D eigenvalue weighted by Crippen LogP contribution is -1.89. The van der Waals surface area contributed by atoms with Gasteiger partial charge >= 0.3 is 0 Å². The van der Waals surface area contributed by atoms with E-state index >= 15 is 0 Å². The smallest absolute Gasteiger partial charge is 0.171 e. The van der Waals surface area contributed by atoms with E-state index in [1.165, 1.54) is 24.3 Å². The maximum absolute atomic E-state index is 13.1. The minimum Gasteiger partial charge on any atom is -0.505 e. The minimum absolute atomic E-state index is 0.0915. The first-order chi connectivity index (χ1) is 7.10. The predicted molar refractivity (Wildman–Crippen MR) is 54.9 cm³/mol. The van der Waals surface area contributed by atoms with Crippen LogP contribution in [0.3, 0.4) is 0 Å². The van der Waals surface area contributed by atoms with Gasteiger partial charge in [-0.15, -0.1) is 0 Å². The number of aliphatic hydroxyl groups is 1. The van der Waals surface area contributed by atoms with Gasteiger partial charge in [0.1, 0.15) is 18.0 Å². The van der Waals surface area contributed by atoms with Crippen molar-refractivity contribution in [2.24, 2.45) is 0 Å². The number of benzene rings is 1. The molecule has 15 heavy (non-hydrogen) atoms. The van der Waals surface area contributed by atoms with E-state index in [0.29, 0.717) is 0 Å². The van der Waals surface area contributed by atoms with Gasteiger partial charge in [-0.25, -0.2) is 4.39 Å². The van der Waals surface area contributed by atoms with Crippen LogP contribution in [0.25, 0.3) is 5.76 Å². The molecule has 0 aromatic heterocycles. The lowest BCUT2D eigenvalue weighted by atomic mass is 10.1. The van der Waals surface area contributed by atoms with E-state index in [-0.39, 0.29) is 10.0 Å². The average molecular weight is 267 g/mol. The van der Waals surface area contributed by atoms with E-state index in [4.69, 9.17) is 10.5 Å². The molecule has 0 saturated carbocycles. The van der Waals surface area contributed by atoms with E-state index in [2.05, 4.69) is 15.9 Å². The summed E-state index contributed by atoms with van der Waals surface area (Å²) in [6.45, 7) is 0. The first-order valence-electron chi connectivity index (χ1n) is 3.79. The highest BCUT2D eigenvalue weighted by Crippen LogP contribution is 2.21. The van der Waals surface area contributed by atoms with Crippen molar-refractivity contribution < 1.29 is 9.50 Å². The van der Waals surface area contributed by atoms with Gasteiger partial charge in [0, 0.05) is 5.56 Å². The third-order valence-electron chi connectivity index (χ3n) is 1.65. The van der Waals surface area contributed by atoms with Gasteiger partial charge in [0.05, 0.1) is 4.47 Å². The summed E-state index contributed by atoms with van der Waals surface area (Å²) >= 11 is 2.95. The second kappa shape index (κ2) is 4.59. The van der Waals surface area contributed by atoms with Crippen molar-refractivity contribution >= 4 is 21.7 Å². The molecule has 0 amide bonds. The second-order valence-electron chi connectivity index (χ2n) is 2.58. The normalized spacial score (nSPS) is 8.80. The van der Waals surface area contributed by atoms with Crippen LogP contribution < -0.4 is 0 Å². The van der Waals surface area contributed by atoms with Crippen LogP contribution in [0.2, 0.25) is 0 Å². The zero-order chi connectivity index (χ0) is 11.4. The standard InChI is InChI=1S/C10H4BrFN2O/c11-8-2-1-6(3-9(8)12)10(15)7(4-13)5-14/h1-3,15H. The Morgan fingerprint density at radius 1 is 1.33 bits per heavy atom. The van der Waals surface area contributed by atoms with Crippen molar-refractivity contribution in [1.82, 2.24) is 0 Å². The predicted octanol–water partition coefficient (Wildman–Crippen LogP) is 2.90. The van der Waals surface area contributed by atoms with Crippen LogP contribution in [-0.2, 0) is 0 Å². The second-order valence-corrected chi connectivity index (χ2v) is 3.43. The highest BCUT2D eigenvalue weighted by atomic mass is 79.9. The lowest BCUT2D eigenvalue weighted by Gasteiger charge is -2.01. The zero-order valence-corrected chi connectivity index (χ0v) is 8.92. The quantitative estimate of drug-likeness (QED) is 0.628. The number of halogens is 2. The number of hydrogen-bond donors (Lipinski definition) is 1. The Bertz CT molecular complexity index is 495. The van der Waals surface area contributed by atoms with E-state index < -0.39 is 17.1 Å². The summed E-state index contributed by atoms with van der Waals surface area (Å²) in [6, 6.07) is 6.85. The molecule has 74 valence electrons. The molecule has 1 N–H and O–H groups in total. The zero-order valence-electron chi connectivity index (χ0n) is 7.33. The Hall–Kier alpha value is -1.85. The molecular formula is C10H4BrFN2O. The van der Waals surface area contributed by atoms with E-state index in [1.807, 2.05) is 0 Å². The number of nitriles is 2. The van der Waals surface area contributed by atoms with Crippen LogP contribution in [0.15, 0.2) is 28.2 Å². The Morgan fingerprint density at radius 3 is 2.40 bits per heavy atom. The number of hydrogen-bond acceptors (Lipinski definition) is 3. The highest BCUT2D eigenvalue weighted by Gasteiger charge is 2.09. The fraction of sp³-hybridized carbons (Fsp3) is 0. The third kappa shape index (κ3) is 2.34. The Labute approximate surface area is 93.8 Å². The first kappa shape index (κ1) is 11.2. The summed E-state index contributed by atoms with van der Waals surface area (Å²) < 4.78 is 13.3. The Morgan fingerprint density at radius 2 is 1.93 bits per heavy atom. The van der Waals surface area contributed by atoms with Gasteiger partial charge < -0.3 is 5.11 Å². The maximum Gasteiger partial charge on any atom is 0.171 e. The largest absolute Gasteiger partial charge is 0.505 e. The molecular weight excluding hydrogens is 263 g/mol. The van der Waals surface area contributed by atoms with E-state index in [1.54, 1.807) is 0 Å². The van der Waals surface area contributed by atoms with Gasteiger partial charge in [0.25, 0.3) is 0 Å². The molecule has 0 radical (unpaired) electrons. The fourth-order valence-electron chi connectivity index (χ4n) is 0.919.